The van der Waals surface area contributed by atoms with Crippen molar-refractivity contribution in [1.29, 1.82) is 0 Å². The number of hydrogen-bond acceptors (Lipinski definition) is 3. The molecule has 1 amide bonds. The van der Waals surface area contributed by atoms with Crippen molar-refractivity contribution in [3.05, 3.63) is 46.4 Å². The molecule has 0 spiro atoms. The Balaban J connectivity index is 2.14. The summed E-state index contributed by atoms with van der Waals surface area (Å²) in [6.07, 6.45) is 0.646. The molecule has 0 saturated carbocycles. The summed E-state index contributed by atoms with van der Waals surface area (Å²) in [6.45, 7) is 0. The van der Waals surface area contributed by atoms with Crippen molar-refractivity contribution < 1.29 is 13.6 Å². The van der Waals surface area contributed by atoms with Gasteiger partial charge in [-0.1, -0.05) is 15.9 Å². The van der Waals surface area contributed by atoms with Gasteiger partial charge in [0.15, 0.2) is 0 Å². The smallest absolute Gasteiger partial charge is 0.234 e. The fraction of sp³-hybridized carbons (Fsp3) is 0.154. The molecule has 100 valence electrons. The minimum absolute atomic E-state index is 0.228. The Kier molecular flexibility index (Phi) is 4.34. The highest BCUT2D eigenvalue weighted by molar-refractivity contribution is 9.10. The number of hydrazine groups is 1. The highest BCUT2D eigenvalue weighted by Crippen LogP contribution is 2.27. The second-order valence-corrected chi connectivity index (χ2v) is 4.87. The van der Waals surface area contributed by atoms with Crippen molar-refractivity contribution in [2.75, 3.05) is 0 Å². The topological polar surface area (TPSA) is 68.3 Å². The first-order valence-corrected chi connectivity index (χ1v) is 6.43. The number of amides is 1. The lowest BCUT2D eigenvalue weighted by atomic mass is 10.1. The Bertz CT molecular complexity index is 598. The summed E-state index contributed by atoms with van der Waals surface area (Å²) in [5, 5.41) is 0. The van der Waals surface area contributed by atoms with E-state index in [-0.39, 0.29) is 18.1 Å². The molecule has 0 unspecified atom stereocenters. The third-order valence-corrected chi connectivity index (χ3v) is 3.11. The Morgan fingerprint density at radius 1 is 1.37 bits per heavy atom. The predicted octanol–water partition coefficient (Wildman–Crippen LogP) is 2.77. The van der Waals surface area contributed by atoms with Crippen LogP contribution in [0.15, 0.2) is 39.2 Å². The molecular weight excluding hydrogens is 315 g/mol. The lowest BCUT2D eigenvalue weighted by Crippen LogP contribution is -2.30. The van der Waals surface area contributed by atoms with Crippen LogP contribution < -0.4 is 11.3 Å². The fourth-order valence-electron chi connectivity index (χ4n) is 1.66. The van der Waals surface area contributed by atoms with Crippen LogP contribution in [0, 0.1) is 5.82 Å². The van der Waals surface area contributed by atoms with Gasteiger partial charge < -0.3 is 4.42 Å². The summed E-state index contributed by atoms with van der Waals surface area (Å²) in [7, 11) is 0. The van der Waals surface area contributed by atoms with Crippen molar-refractivity contribution >= 4 is 21.8 Å². The number of carbonyl (C=O) groups is 1. The van der Waals surface area contributed by atoms with E-state index in [9.17, 15) is 9.18 Å². The van der Waals surface area contributed by atoms with E-state index < -0.39 is 0 Å². The number of benzene rings is 1. The van der Waals surface area contributed by atoms with Gasteiger partial charge in [0, 0.05) is 17.3 Å². The number of rotatable bonds is 4. The van der Waals surface area contributed by atoms with E-state index in [1.807, 2.05) is 5.43 Å². The number of nitrogens with two attached hydrogens (primary N) is 1. The average Bonchev–Trinajstić information content (AvgIpc) is 2.84. The van der Waals surface area contributed by atoms with Crippen LogP contribution in [0.3, 0.4) is 0 Å². The van der Waals surface area contributed by atoms with Gasteiger partial charge in [0.2, 0.25) is 5.91 Å². The molecule has 0 bridgehead atoms. The molecule has 0 atom stereocenters. The van der Waals surface area contributed by atoms with Crippen molar-refractivity contribution in [2.24, 2.45) is 5.84 Å². The molecular formula is C13H12BrFN2O2. The van der Waals surface area contributed by atoms with E-state index in [1.165, 1.54) is 6.07 Å². The minimum atomic E-state index is -0.366. The molecule has 0 aliphatic rings. The standard InChI is InChI=1S/C13H12BrFN2O2/c14-8-1-4-10(11(15)7-8)12-5-2-9(19-12)3-6-13(18)17-16/h1-2,4-5,7H,3,6,16H2,(H,17,18). The molecule has 1 aromatic carbocycles. The second kappa shape index (κ2) is 5.99. The third-order valence-electron chi connectivity index (χ3n) is 2.62. The second-order valence-electron chi connectivity index (χ2n) is 3.96. The average molecular weight is 327 g/mol. The summed E-state index contributed by atoms with van der Waals surface area (Å²) in [5.41, 5.74) is 2.43. The van der Waals surface area contributed by atoms with E-state index in [0.29, 0.717) is 28.0 Å². The van der Waals surface area contributed by atoms with Gasteiger partial charge in [-0.3, -0.25) is 10.2 Å². The Hall–Kier alpha value is -1.66. The van der Waals surface area contributed by atoms with Crippen molar-refractivity contribution in [2.45, 2.75) is 12.8 Å². The van der Waals surface area contributed by atoms with Crippen LogP contribution in [0.4, 0.5) is 4.39 Å². The van der Waals surface area contributed by atoms with Crippen LogP contribution in [0.1, 0.15) is 12.2 Å². The number of carbonyl (C=O) groups excluding carboxylic acids is 1. The van der Waals surface area contributed by atoms with Crippen molar-refractivity contribution in [3.63, 3.8) is 0 Å². The van der Waals surface area contributed by atoms with E-state index in [4.69, 9.17) is 10.3 Å². The van der Waals surface area contributed by atoms with Gasteiger partial charge in [0.05, 0.1) is 5.56 Å². The van der Waals surface area contributed by atoms with Crippen LogP contribution in [-0.2, 0) is 11.2 Å². The number of hydrogen-bond donors (Lipinski definition) is 2. The van der Waals surface area contributed by atoms with E-state index in [0.717, 1.165) is 0 Å². The van der Waals surface area contributed by atoms with E-state index >= 15 is 0 Å². The summed E-state index contributed by atoms with van der Waals surface area (Å²) in [6, 6.07) is 8.15. The molecule has 0 aliphatic carbocycles. The van der Waals surface area contributed by atoms with E-state index in [2.05, 4.69) is 15.9 Å². The maximum atomic E-state index is 13.7. The van der Waals surface area contributed by atoms with Gasteiger partial charge in [-0.2, -0.15) is 0 Å². The zero-order chi connectivity index (χ0) is 13.8. The monoisotopic (exact) mass is 326 g/mol. The van der Waals surface area contributed by atoms with Crippen LogP contribution in [-0.4, -0.2) is 5.91 Å². The number of aryl methyl sites for hydroxylation is 1. The summed E-state index contributed by atoms with van der Waals surface area (Å²) in [5.74, 6) is 5.40. The maximum absolute atomic E-state index is 13.7. The lowest BCUT2D eigenvalue weighted by Gasteiger charge is -2.00. The summed E-state index contributed by atoms with van der Waals surface area (Å²) >= 11 is 3.20. The van der Waals surface area contributed by atoms with Crippen LogP contribution in [0.25, 0.3) is 11.3 Å². The first-order valence-electron chi connectivity index (χ1n) is 5.63. The molecule has 1 aromatic heterocycles. The van der Waals surface area contributed by atoms with Gasteiger partial charge >= 0.3 is 0 Å². The zero-order valence-corrected chi connectivity index (χ0v) is 11.5. The first kappa shape index (κ1) is 13.8. The normalized spacial score (nSPS) is 10.5. The molecule has 19 heavy (non-hydrogen) atoms. The molecule has 0 fully saturated rings. The lowest BCUT2D eigenvalue weighted by molar-refractivity contribution is -0.121. The predicted molar refractivity (Wildman–Crippen MR) is 72.5 cm³/mol. The number of halogens is 2. The van der Waals surface area contributed by atoms with Crippen molar-refractivity contribution in [1.82, 2.24) is 5.43 Å². The molecule has 4 nitrogen and oxygen atoms in total. The molecule has 2 aromatic rings. The highest BCUT2D eigenvalue weighted by atomic mass is 79.9. The van der Waals surface area contributed by atoms with Crippen LogP contribution in [0.2, 0.25) is 0 Å². The summed E-state index contributed by atoms with van der Waals surface area (Å²) < 4.78 is 19.9. The molecule has 6 heteroatoms. The first-order chi connectivity index (χ1) is 9.10. The molecule has 0 saturated heterocycles. The molecule has 3 N–H and O–H groups in total. The van der Waals surface area contributed by atoms with Crippen LogP contribution in [0.5, 0.6) is 0 Å². The third kappa shape index (κ3) is 3.42. The minimum Gasteiger partial charge on any atom is -0.461 e. The van der Waals surface area contributed by atoms with Gasteiger partial charge in [0.1, 0.15) is 17.3 Å². The van der Waals surface area contributed by atoms with Gasteiger partial charge in [-0.25, -0.2) is 10.2 Å². The Labute approximate surface area is 117 Å². The molecule has 1 heterocycles. The van der Waals surface area contributed by atoms with E-state index in [1.54, 1.807) is 24.3 Å². The largest absolute Gasteiger partial charge is 0.461 e. The Morgan fingerprint density at radius 3 is 2.84 bits per heavy atom. The van der Waals surface area contributed by atoms with Crippen LogP contribution >= 0.6 is 15.9 Å². The Morgan fingerprint density at radius 2 is 2.16 bits per heavy atom. The van der Waals surface area contributed by atoms with Gasteiger partial charge in [0.25, 0.3) is 0 Å². The van der Waals surface area contributed by atoms with Crippen molar-refractivity contribution in [3.8, 4) is 11.3 Å². The molecule has 0 aliphatic heterocycles. The molecule has 2 rings (SSSR count). The van der Waals surface area contributed by atoms with Gasteiger partial charge in [-0.05, 0) is 30.3 Å². The quantitative estimate of drug-likeness (QED) is 0.515. The maximum Gasteiger partial charge on any atom is 0.234 e. The number of nitrogens with one attached hydrogen (secondary N) is 1. The zero-order valence-electron chi connectivity index (χ0n) is 9.95. The summed E-state index contributed by atoms with van der Waals surface area (Å²) in [4.78, 5) is 11.0. The molecule has 0 radical (unpaired) electrons. The fourth-order valence-corrected chi connectivity index (χ4v) is 1.99. The SMILES string of the molecule is NNC(=O)CCc1ccc(-c2ccc(Br)cc2F)o1. The van der Waals surface area contributed by atoms with Gasteiger partial charge in [-0.15, -0.1) is 0 Å². The highest BCUT2D eigenvalue weighted by Gasteiger charge is 2.11. The number of furan rings is 1.